The molecule has 1 aliphatic heterocycles. The van der Waals surface area contributed by atoms with E-state index in [1.54, 1.807) is 19.3 Å². The van der Waals surface area contributed by atoms with Gasteiger partial charge in [0.2, 0.25) is 0 Å². The maximum atomic E-state index is 14.1. The Morgan fingerprint density at radius 3 is 2.81 bits per heavy atom. The van der Waals surface area contributed by atoms with Crippen molar-refractivity contribution < 1.29 is 13.6 Å². The Morgan fingerprint density at radius 1 is 1.31 bits per heavy atom. The van der Waals surface area contributed by atoms with Crippen LogP contribution in [0.1, 0.15) is 39.9 Å². The number of halogens is 1. The van der Waals surface area contributed by atoms with E-state index in [1.807, 2.05) is 18.2 Å². The third-order valence-electron chi connectivity index (χ3n) is 5.02. The highest BCUT2D eigenvalue weighted by molar-refractivity contribution is 7.21. The van der Waals surface area contributed by atoms with Crippen molar-refractivity contribution in [2.75, 3.05) is 19.6 Å². The first-order valence-corrected chi connectivity index (χ1v) is 9.70. The molecule has 0 radical (unpaired) electrons. The van der Waals surface area contributed by atoms with Crippen molar-refractivity contribution in [3.05, 3.63) is 58.6 Å². The Hall–Kier alpha value is -2.18. The zero-order valence-corrected chi connectivity index (χ0v) is 15.4. The van der Waals surface area contributed by atoms with E-state index in [0.29, 0.717) is 22.4 Å². The summed E-state index contributed by atoms with van der Waals surface area (Å²) in [6.45, 7) is 4.30. The highest BCUT2D eigenvalue weighted by Gasteiger charge is 2.27. The zero-order chi connectivity index (χ0) is 18.1. The summed E-state index contributed by atoms with van der Waals surface area (Å²) < 4.78 is 20.5. The van der Waals surface area contributed by atoms with Crippen LogP contribution in [-0.4, -0.2) is 30.4 Å². The minimum Gasteiger partial charge on any atom is -0.468 e. The number of aryl methyl sites for hydroxylation is 1. The summed E-state index contributed by atoms with van der Waals surface area (Å²) in [5.41, 5.74) is 0.705. The normalized spacial score (nSPS) is 16.2. The molecule has 0 saturated carbocycles. The molecule has 0 spiro atoms. The molecule has 0 unspecified atom stereocenters. The lowest BCUT2D eigenvalue weighted by Crippen LogP contribution is -2.36. The molecule has 1 fully saturated rings. The van der Waals surface area contributed by atoms with E-state index in [-0.39, 0.29) is 17.8 Å². The standard InChI is InChI=1S/C20H21FN2O2S/c1-13-18-14(21)6-4-8-17(18)26-19(13)20(24)22-12-15(16-7-5-11-25-16)23-9-2-3-10-23/h4-8,11,15H,2-3,9-10,12H2,1H3,(H,22,24)/t15-/m1/s1. The second kappa shape index (κ2) is 7.21. The van der Waals surface area contributed by atoms with Gasteiger partial charge >= 0.3 is 0 Å². The number of benzene rings is 1. The van der Waals surface area contributed by atoms with Crippen LogP contribution in [0.25, 0.3) is 10.1 Å². The van der Waals surface area contributed by atoms with Crippen LogP contribution in [0.3, 0.4) is 0 Å². The van der Waals surface area contributed by atoms with Crippen molar-refractivity contribution in [3.8, 4) is 0 Å². The van der Waals surface area contributed by atoms with E-state index in [9.17, 15) is 9.18 Å². The molecule has 1 N–H and O–H groups in total. The Labute approximate surface area is 155 Å². The Kier molecular flexibility index (Phi) is 4.78. The predicted octanol–water partition coefficient (Wildman–Crippen LogP) is 4.51. The van der Waals surface area contributed by atoms with Gasteiger partial charge in [-0.1, -0.05) is 6.07 Å². The van der Waals surface area contributed by atoms with E-state index in [1.165, 1.54) is 30.2 Å². The lowest BCUT2D eigenvalue weighted by molar-refractivity contribution is 0.0937. The Balaban J connectivity index is 1.54. The van der Waals surface area contributed by atoms with E-state index >= 15 is 0 Å². The first kappa shape index (κ1) is 17.2. The number of nitrogens with zero attached hydrogens (tertiary/aromatic N) is 1. The molecule has 1 amide bonds. The number of amides is 1. The quantitative estimate of drug-likeness (QED) is 0.717. The molecule has 4 rings (SSSR count). The average Bonchev–Trinajstić information content (AvgIpc) is 3.37. The third kappa shape index (κ3) is 3.15. The summed E-state index contributed by atoms with van der Waals surface area (Å²) in [6, 6.07) is 8.82. The summed E-state index contributed by atoms with van der Waals surface area (Å²) in [5.74, 6) is 0.436. The maximum absolute atomic E-state index is 14.1. The number of hydrogen-bond donors (Lipinski definition) is 1. The monoisotopic (exact) mass is 372 g/mol. The van der Waals surface area contributed by atoms with Crippen molar-refractivity contribution in [1.29, 1.82) is 0 Å². The average molecular weight is 372 g/mol. The van der Waals surface area contributed by atoms with Crippen LogP contribution in [0.5, 0.6) is 0 Å². The molecule has 1 aromatic carbocycles. The van der Waals surface area contributed by atoms with Crippen molar-refractivity contribution >= 4 is 27.3 Å². The fourth-order valence-corrected chi connectivity index (χ4v) is 4.82. The van der Waals surface area contributed by atoms with Crippen LogP contribution in [0.15, 0.2) is 41.0 Å². The first-order chi connectivity index (χ1) is 12.6. The molecule has 2 aromatic heterocycles. The van der Waals surface area contributed by atoms with Gasteiger partial charge in [-0.2, -0.15) is 0 Å². The smallest absolute Gasteiger partial charge is 0.261 e. The van der Waals surface area contributed by atoms with Gasteiger partial charge < -0.3 is 9.73 Å². The van der Waals surface area contributed by atoms with Crippen LogP contribution < -0.4 is 5.32 Å². The van der Waals surface area contributed by atoms with Crippen LogP contribution in [0.4, 0.5) is 4.39 Å². The van der Waals surface area contributed by atoms with Crippen molar-refractivity contribution in [3.63, 3.8) is 0 Å². The van der Waals surface area contributed by atoms with Crippen molar-refractivity contribution in [1.82, 2.24) is 10.2 Å². The molecule has 1 saturated heterocycles. The Morgan fingerprint density at radius 2 is 2.12 bits per heavy atom. The first-order valence-electron chi connectivity index (χ1n) is 8.88. The van der Waals surface area contributed by atoms with Gasteiger partial charge in [0.25, 0.3) is 5.91 Å². The summed E-state index contributed by atoms with van der Waals surface area (Å²) in [7, 11) is 0. The fraction of sp³-hybridized carbons (Fsp3) is 0.350. The predicted molar refractivity (Wildman–Crippen MR) is 101 cm³/mol. The topological polar surface area (TPSA) is 45.5 Å². The lowest BCUT2D eigenvalue weighted by atomic mass is 10.1. The summed E-state index contributed by atoms with van der Waals surface area (Å²) in [4.78, 5) is 15.7. The second-order valence-corrected chi connectivity index (χ2v) is 7.71. The number of likely N-dealkylation sites (tertiary alicyclic amines) is 1. The third-order valence-corrected chi connectivity index (χ3v) is 6.27. The number of rotatable bonds is 5. The fourth-order valence-electron chi connectivity index (χ4n) is 3.68. The van der Waals surface area contributed by atoms with E-state index in [2.05, 4.69) is 10.2 Å². The summed E-state index contributed by atoms with van der Waals surface area (Å²) >= 11 is 1.34. The van der Waals surface area contributed by atoms with Gasteiger partial charge in [0.15, 0.2) is 0 Å². The SMILES string of the molecule is Cc1c(C(=O)NC[C@H](c2ccco2)N2CCCC2)sc2cccc(F)c12. The second-order valence-electron chi connectivity index (χ2n) is 6.65. The van der Waals surface area contributed by atoms with Crippen LogP contribution >= 0.6 is 11.3 Å². The molecule has 3 heterocycles. The van der Waals surface area contributed by atoms with Gasteiger partial charge in [0.05, 0.1) is 17.2 Å². The number of hydrogen-bond acceptors (Lipinski definition) is 4. The van der Waals surface area contributed by atoms with Crippen LogP contribution in [0, 0.1) is 12.7 Å². The number of carbonyl (C=O) groups excluding carboxylic acids is 1. The molecule has 1 aliphatic rings. The van der Waals surface area contributed by atoms with Crippen LogP contribution in [-0.2, 0) is 0 Å². The minimum atomic E-state index is -0.277. The van der Waals surface area contributed by atoms with Gasteiger partial charge in [-0.15, -0.1) is 11.3 Å². The maximum Gasteiger partial charge on any atom is 0.261 e. The van der Waals surface area contributed by atoms with Gasteiger partial charge in [-0.3, -0.25) is 9.69 Å². The van der Waals surface area contributed by atoms with E-state index in [4.69, 9.17) is 4.42 Å². The van der Waals surface area contributed by atoms with Crippen molar-refractivity contribution in [2.24, 2.45) is 0 Å². The Bertz CT molecular complexity index is 913. The molecule has 0 aliphatic carbocycles. The number of furan rings is 1. The largest absolute Gasteiger partial charge is 0.468 e. The molecular weight excluding hydrogens is 351 g/mol. The van der Waals surface area contributed by atoms with Gasteiger partial charge in [0, 0.05) is 16.6 Å². The minimum absolute atomic E-state index is 0.0304. The summed E-state index contributed by atoms with van der Waals surface area (Å²) in [6.07, 6.45) is 4.00. The zero-order valence-electron chi connectivity index (χ0n) is 14.6. The molecule has 4 nitrogen and oxygen atoms in total. The van der Waals surface area contributed by atoms with Gasteiger partial charge in [0.1, 0.15) is 11.6 Å². The van der Waals surface area contributed by atoms with E-state index < -0.39 is 0 Å². The number of fused-ring (bicyclic) bond motifs is 1. The molecular formula is C20H21FN2O2S. The van der Waals surface area contributed by atoms with Crippen molar-refractivity contribution in [2.45, 2.75) is 25.8 Å². The molecule has 26 heavy (non-hydrogen) atoms. The lowest BCUT2D eigenvalue weighted by Gasteiger charge is -2.25. The molecule has 0 bridgehead atoms. The number of nitrogens with one attached hydrogen (secondary N) is 1. The highest BCUT2D eigenvalue weighted by atomic mass is 32.1. The molecule has 1 atom stereocenters. The number of carbonyl (C=O) groups is 1. The molecule has 3 aromatic rings. The molecule has 6 heteroatoms. The number of thiophene rings is 1. The van der Waals surface area contributed by atoms with Gasteiger partial charge in [-0.05, 0) is 62.7 Å². The van der Waals surface area contributed by atoms with E-state index in [0.717, 1.165) is 23.5 Å². The van der Waals surface area contributed by atoms with Gasteiger partial charge in [-0.25, -0.2) is 4.39 Å². The molecule has 136 valence electrons. The van der Waals surface area contributed by atoms with Crippen LogP contribution in [0.2, 0.25) is 0 Å². The summed E-state index contributed by atoms with van der Waals surface area (Å²) in [5, 5.41) is 3.58. The highest BCUT2D eigenvalue weighted by Crippen LogP contribution is 2.32.